The average molecular weight is 674 g/mol. The molecule has 3 N–H and O–H groups in total. The number of aliphatic hydroxyl groups excluding tert-OH is 3. The second-order valence-corrected chi connectivity index (χ2v) is 4.23. The first-order chi connectivity index (χ1) is 12.1. The van der Waals surface area contributed by atoms with Crippen molar-refractivity contribution in [2.45, 2.75) is 37.6 Å². The quantitative estimate of drug-likeness (QED) is 0.205. The number of aliphatic carboxylic acids is 6. The van der Waals surface area contributed by atoms with Crippen LogP contribution in [0.5, 0.6) is 0 Å². The summed E-state index contributed by atoms with van der Waals surface area (Å²) in [7, 11) is 0. The Balaban J connectivity index is -0.0000000960. The van der Waals surface area contributed by atoms with Crippen LogP contribution in [-0.2, 0) is 28.8 Å². The van der Waals surface area contributed by atoms with Crippen molar-refractivity contribution in [3.63, 3.8) is 0 Å². The predicted octanol–water partition coefficient (Wildman–Crippen LogP) is -11.3. The molecule has 0 spiro atoms. The summed E-state index contributed by atoms with van der Waals surface area (Å²) in [4.78, 5) is 57.4. The maximum absolute atomic E-state index is 9.58. The SMILES string of the molecule is O=C([O-])CC(O)C(=O)[O-].O=C([O-])CC(O)C(=O)[O-].O=C([O-])CC(O)C(=O)[O-].[La+3].[La+3]. The number of hydrogen-bond donors (Lipinski definition) is 3. The van der Waals surface area contributed by atoms with Crippen molar-refractivity contribution in [1.29, 1.82) is 0 Å². The van der Waals surface area contributed by atoms with E-state index in [2.05, 4.69) is 0 Å². The second kappa shape index (κ2) is 21.8. The molecule has 0 saturated heterocycles. The van der Waals surface area contributed by atoms with Gasteiger partial charge < -0.3 is 74.7 Å². The molecule has 0 amide bonds. The van der Waals surface area contributed by atoms with Crippen molar-refractivity contribution in [3.05, 3.63) is 0 Å². The van der Waals surface area contributed by atoms with Gasteiger partial charge in [-0.1, -0.05) is 0 Å². The van der Waals surface area contributed by atoms with Gasteiger partial charge in [0.2, 0.25) is 0 Å². The molecule has 0 aromatic rings. The Labute approximate surface area is 217 Å². The molecule has 0 bridgehead atoms. The van der Waals surface area contributed by atoms with Crippen LogP contribution in [0.15, 0.2) is 0 Å². The molecule has 0 heterocycles. The molecule has 0 aliphatic heterocycles. The summed E-state index contributed by atoms with van der Waals surface area (Å²) in [5.74, 6) is -10.3. The molecule has 0 fully saturated rings. The number of carbonyl (C=O) groups is 6. The van der Waals surface area contributed by atoms with E-state index in [1.807, 2.05) is 0 Å². The maximum atomic E-state index is 9.58. The molecule has 0 aromatic heterocycles. The zero-order chi connectivity index (χ0) is 22.3. The molecule has 3 atom stereocenters. The van der Waals surface area contributed by atoms with Crippen molar-refractivity contribution in [1.82, 2.24) is 0 Å². The normalized spacial score (nSPS) is 11.7. The smallest absolute Gasteiger partial charge is 0.550 e. The Kier molecular flexibility index (Phi) is 29.1. The van der Waals surface area contributed by atoms with Gasteiger partial charge in [-0.3, -0.25) is 0 Å². The number of rotatable bonds is 9. The van der Waals surface area contributed by atoms with Gasteiger partial charge in [-0.15, -0.1) is 0 Å². The number of hydrogen-bond acceptors (Lipinski definition) is 15. The largest absolute Gasteiger partial charge is 3.00 e. The third-order valence-electron chi connectivity index (χ3n) is 1.90. The van der Waals surface area contributed by atoms with Gasteiger partial charge in [0.05, 0.1) is 36.2 Å². The van der Waals surface area contributed by atoms with Crippen molar-refractivity contribution in [2.24, 2.45) is 0 Å². The Hall–Kier alpha value is -0.910. The van der Waals surface area contributed by atoms with Crippen LogP contribution in [0.3, 0.4) is 0 Å². The summed E-state index contributed by atoms with van der Waals surface area (Å²) in [6.45, 7) is 0. The van der Waals surface area contributed by atoms with E-state index in [0.29, 0.717) is 0 Å². The second-order valence-electron chi connectivity index (χ2n) is 4.23. The molecule has 0 aliphatic rings. The minimum absolute atomic E-state index is 0. The van der Waals surface area contributed by atoms with Crippen LogP contribution in [0, 0.1) is 71.2 Å². The van der Waals surface area contributed by atoms with Gasteiger partial charge in [0.25, 0.3) is 0 Å². The van der Waals surface area contributed by atoms with E-state index < -0.39 is 73.4 Å². The van der Waals surface area contributed by atoms with Crippen LogP contribution in [0.25, 0.3) is 0 Å². The zero-order valence-corrected chi connectivity index (χ0v) is 21.5. The first-order valence-electron chi connectivity index (χ1n) is 6.38. The van der Waals surface area contributed by atoms with Gasteiger partial charge in [0.1, 0.15) is 0 Å². The van der Waals surface area contributed by atoms with E-state index in [9.17, 15) is 59.4 Å². The molecule has 0 aromatic carbocycles. The molecule has 156 valence electrons. The molecule has 29 heavy (non-hydrogen) atoms. The van der Waals surface area contributed by atoms with Crippen molar-refractivity contribution in [2.75, 3.05) is 0 Å². The van der Waals surface area contributed by atoms with Crippen molar-refractivity contribution in [3.8, 4) is 0 Å². The number of carbonyl (C=O) groups excluding carboxylic acids is 6. The molecule has 0 radical (unpaired) electrons. The fraction of sp³-hybridized carbons (Fsp3) is 0.500. The van der Waals surface area contributed by atoms with E-state index in [1.54, 1.807) is 0 Å². The van der Waals surface area contributed by atoms with Crippen molar-refractivity contribution < 1.29 is 146 Å². The van der Waals surface area contributed by atoms with Crippen LogP contribution in [-0.4, -0.2) is 69.4 Å². The van der Waals surface area contributed by atoms with Gasteiger partial charge in [-0.25, -0.2) is 0 Å². The van der Waals surface area contributed by atoms with E-state index in [-0.39, 0.29) is 71.2 Å². The summed E-state index contributed by atoms with van der Waals surface area (Å²) in [5, 5.41) is 82.0. The van der Waals surface area contributed by atoms with Crippen LogP contribution in [0.2, 0.25) is 0 Å². The summed E-state index contributed by atoms with van der Waals surface area (Å²) < 4.78 is 0. The fourth-order valence-electron chi connectivity index (χ4n) is 0.724. The third kappa shape index (κ3) is 32.0. The molecule has 15 nitrogen and oxygen atoms in total. The van der Waals surface area contributed by atoms with E-state index >= 15 is 0 Å². The molecular formula is C12H12La2O15. The van der Waals surface area contributed by atoms with Crippen molar-refractivity contribution >= 4 is 35.8 Å². The molecular weight excluding hydrogens is 662 g/mol. The first-order valence-corrected chi connectivity index (χ1v) is 6.38. The Morgan fingerprint density at radius 3 is 0.655 bits per heavy atom. The van der Waals surface area contributed by atoms with Gasteiger partial charge >= 0.3 is 71.2 Å². The van der Waals surface area contributed by atoms with E-state index in [4.69, 9.17) is 15.3 Å². The average Bonchev–Trinajstić information content (AvgIpc) is 2.46. The van der Waals surface area contributed by atoms with Gasteiger partial charge in [0, 0.05) is 37.2 Å². The molecule has 0 rings (SSSR count). The minimum Gasteiger partial charge on any atom is -0.550 e. The maximum Gasteiger partial charge on any atom is 3.00 e. The zero-order valence-electron chi connectivity index (χ0n) is 14.2. The van der Waals surface area contributed by atoms with E-state index in [1.165, 1.54) is 0 Å². The summed E-state index contributed by atoms with van der Waals surface area (Å²) in [6, 6.07) is 0. The Morgan fingerprint density at radius 2 is 0.621 bits per heavy atom. The molecule has 0 saturated carbocycles. The van der Waals surface area contributed by atoms with Gasteiger partial charge in [-0.05, 0) is 0 Å². The number of carboxylic acid groups (broad SMARTS) is 6. The fourth-order valence-corrected chi connectivity index (χ4v) is 0.724. The summed E-state index contributed by atoms with van der Waals surface area (Å²) in [5.41, 5.74) is 0. The van der Waals surface area contributed by atoms with E-state index in [0.717, 1.165) is 0 Å². The minimum atomic E-state index is -1.96. The first kappa shape index (κ1) is 38.7. The molecule has 17 heteroatoms. The third-order valence-corrected chi connectivity index (χ3v) is 1.90. The van der Waals surface area contributed by atoms with Crippen LogP contribution in [0.4, 0.5) is 0 Å². The van der Waals surface area contributed by atoms with Gasteiger partial charge in [0.15, 0.2) is 0 Å². The Bertz CT molecular complexity index is 473. The predicted molar refractivity (Wildman–Crippen MR) is 61.9 cm³/mol. The van der Waals surface area contributed by atoms with Crippen LogP contribution >= 0.6 is 0 Å². The van der Waals surface area contributed by atoms with Crippen LogP contribution in [0.1, 0.15) is 19.3 Å². The Morgan fingerprint density at radius 1 is 0.483 bits per heavy atom. The van der Waals surface area contributed by atoms with Gasteiger partial charge in [-0.2, -0.15) is 0 Å². The molecule has 0 aliphatic carbocycles. The molecule has 3 unspecified atom stereocenters. The monoisotopic (exact) mass is 674 g/mol. The summed E-state index contributed by atoms with van der Waals surface area (Å²) in [6.07, 6.45) is -8.67. The number of carboxylic acids is 6. The summed E-state index contributed by atoms with van der Waals surface area (Å²) >= 11 is 0. The number of aliphatic hydroxyl groups is 3. The topological polar surface area (TPSA) is 301 Å². The van der Waals surface area contributed by atoms with Crippen LogP contribution < -0.4 is 30.6 Å². The standard InChI is InChI=1S/3C4H6O5.2La/c3*5-2(4(8)9)1-3(6)7;;/h3*2,5H,1H2,(H,6,7)(H,8,9);;/q;;;2*+3/p-6.